The van der Waals surface area contributed by atoms with Gasteiger partial charge in [0.25, 0.3) is 0 Å². The highest BCUT2D eigenvalue weighted by Crippen LogP contribution is 2.25. The molecule has 0 fully saturated rings. The number of nitrogens with one attached hydrogen (secondary N) is 1. The fourth-order valence-electron chi connectivity index (χ4n) is 2.13. The second kappa shape index (κ2) is 7.90. The Hall–Kier alpha value is -2.43. The maximum absolute atomic E-state index is 5.90. The number of thiazole rings is 1. The van der Waals surface area contributed by atoms with E-state index < -0.39 is 0 Å². The summed E-state index contributed by atoms with van der Waals surface area (Å²) >= 11 is 7.41. The van der Waals surface area contributed by atoms with Gasteiger partial charge < -0.3 is 0 Å². The van der Waals surface area contributed by atoms with Crippen molar-refractivity contribution in [3.63, 3.8) is 0 Å². The van der Waals surface area contributed by atoms with Crippen LogP contribution in [0.1, 0.15) is 11.1 Å². The van der Waals surface area contributed by atoms with Crippen LogP contribution in [0.2, 0.25) is 5.02 Å². The molecule has 0 aliphatic rings. The number of rotatable bonds is 5. The monoisotopic (exact) mass is 353 g/mol. The Morgan fingerprint density at radius 2 is 1.92 bits per heavy atom. The molecular formula is C19H16ClN3S. The third-order valence-electron chi connectivity index (χ3n) is 3.43. The first-order chi connectivity index (χ1) is 11.7. The quantitative estimate of drug-likeness (QED) is 0.459. The summed E-state index contributed by atoms with van der Waals surface area (Å²) in [5, 5.41) is 7.63. The van der Waals surface area contributed by atoms with Crippen LogP contribution in [0.3, 0.4) is 0 Å². The molecule has 24 heavy (non-hydrogen) atoms. The molecule has 1 aromatic heterocycles. The van der Waals surface area contributed by atoms with Crippen LogP contribution in [-0.2, 0) is 0 Å². The van der Waals surface area contributed by atoms with Gasteiger partial charge in [-0.2, -0.15) is 5.10 Å². The third kappa shape index (κ3) is 4.31. The number of hydrogen-bond acceptors (Lipinski definition) is 4. The minimum Gasteiger partial charge on any atom is -0.253 e. The number of allylic oxidation sites excluding steroid dienone is 1. The Morgan fingerprint density at radius 3 is 2.71 bits per heavy atom. The van der Waals surface area contributed by atoms with Gasteiger partial charge >= 0.3 is 0 Å². The van der Waals surface area contributed by atoms with Crippen molar-refractivity contribution < 1.29 is 0 Å². The van der Waals surface area contributed by atoms with Gasteiger partial charge in [-0.05, 0) is 36.3 Å². The van der Waals surface area contributed by atoms with Crippen molar-refractivity contribution in [2.75, 3.05) is 5.43 Å². The van der Waals surface area contributed by atoms with Gasteiger partial charge in [-0.15, -0.1) is 11.3 Å². The molecule has 0 saturated carbocycles. The molecule has 3 nitrogen and oxygen atoms in total. The second-order valence-corrected chi connectivity index (χ2v) is 6.45. The van der Waals surface area contributed by atoms with Crippen LogP contribution in [-0.4, -0.2) is 11.2 Å². The average Bonchev–Trinajstić information content (AvgIpc) is 3.06. The van der Waals surface area contributed by atoms with Gasteiger partial charge in [-0.25, -0.2) is 4.98 Å². The van der Waals surface area contributed by atoms with Gasteiger partial charge in [0.2, 0.25) is 5.13 Å². The van der Waals surface area contributed by atoms with Crippen molar-refractivity contribution in [3.8, 4) is 11.3 Å². The molecule has 1 heterocycles. The standard InChI is InChI=1S/C19H16ClN3S/c1-14-5-2-3-6-15(14)7-4-12-21-23-19-22-18(13-24-19)16-8-10-17(20)11-9-16/h2-13H,1H3,(H,22,23)/b7-4+,21-12+. The van der Waals surface area contributed by atoms with Gasteiger partial charge in [0.05, 0.1) is 5.69 Å². The number of benzene rings is 2. The van der Waals surface area contributed by atoms with Crippen LogP contribution in [0.15, 0.2) is 65.1 Å². The van der Waals surface area contributed by atoms with E-state index in [0.717, 1.165) is 21.4 Å². The lowest BCUT2D eigenvalue weighted by molar-refractivity contribution is 1.29. The molecule has 3 aromatic rings. The molecule has 0 amide bonds. The molecule has 2 aromatic carbocycles. The molecule has 5 heteroatoms. The number of nitrogens with zero attached hydrogens (tertiary/aromatic N) is 2. The maximum Gasteiger partial charge on any atom is 0.203 e. The van der Waals surface area contributed by atoms with Gasteiger partial charge in [-0.3, -0.25) is 5.43 Å². The van der Waals surface area contributed by atoms with E-state index in [0.29, 0.717) is 0 Å². The van der Waals surface area contributed by atoms with Crippen molar-refractivity contribution in [1.29, 1.82) is 0 Å². The van der Waals surface area contributed by atoms with Crippen molar-refractivity contribution in [1.82, 2.24) is 4.98 Å². The van der Waals surface area contributed by atoms with Crippen LogP contribution in [0.4, 0.5) is 5.13 Å². The summed E-state index contributed by atoms with van der Waals surface area (Å²) in [5.74, 6) is 0. The molecule has 0 aliphatic heterocycles. The summed E-state index contributed by atoms with van der Waals surface area (Å²) < 4.78 is 0. The third-order valence-corrected chi connectivity index (χ3v) is 4.43. The van der Waals surface area contributed by atoms with Crippen LogP contribution < -0.4 is 5.43 Å². The van der Waals surface area contributed by atoms with Crippen molar-refractivity contribution in [3.05, 3.63) is 76.1 Å². The summed E-state index contributed by atoms with van der Waals surface area (Å²) in [4.78, 5) is 4.51. The zero-order valence-corrected chi connectivity index (χ0v) is 14.7. The highest BCUT2D eigenvalue weighted by Gasteiger charge is 2.03. The Bertz CT molecular complexity index is 866. The van der Waals surface area contributed by atoms with Crippen LogP contribution in [0, 0.1) is 6.92 Å². The van der Waals surface area contributed by atoms with E-state index in [1.807, 2.05) is 53.9 Å². The minimum atomic E-state index is 0.720. The number of aryl methyl sites for hydroxylation is 1. The Morgan fingerprint density at radius 1 is 1.12 bits per heavy atom. The summed E-state index contributed by atoms with van der Waals surface area (Å²) in [5.41, 5.74) is 7.31. The van der Waals surface area contributed by atoms with Gasteiger partial charge in [0.1, 0.15) is 0 Å². The van der Waals surface area contributed by atoms with E-state index in [-0.39, 0.29) is 0 Å². The normalized spacial score (nSPS) is 11.4. The van der Waals surface area contributed by atoms with Gasteiger partial charge in [-0.1, -0.05) is 54.1 Å². The van der Waals surface area contributed by atoms with E-state index in [9.17, 15) is 0 Å². The molecule has 0 atom stereocenters. The summed E-state index contributed by atoms with van der Waals surface area (Å²) in [6, 6.07) is 15.8. The number of hydrazone groups is 1. The lowest BCUT2D eigenvalue weighted by atomic mass is 10.1. The molecule has 3 rings (SSSR count). The largest absolute Gasteiger partial charge is 0.253 e. The van der Waals surface area contributed by atoms with E-state index >= 15 is 0 Å². The zero-order chi connectivity index (χ0) is 16.8. The topological polar surface area (TPSA) is 37.3 Å². The maximum atomic E-state index is 5.90. The fraction of sp³-hybridized carbons (Fsp3) is 0.0526. The molecule has 0 radical (unpaired) electrons. The SMILES string of the molecule is Cc1ccccc1/C=C/C=N/Nc1nc(-c2ccc(Cl)cc2)cs1. The van der Waals surface area contributed by atoms with E-state index in [1.165, 1.54) is 22.5 Å². The van der Waals surface area contributed by atoms with E-state index in [4.69, 9.17) is 11.6 Å². The number of aromatic nitrogens is 1. The van der Waals surface area contributed by atoms with E-state index in [2.05, 4.69) is 34.6 Å². The van der Waals surface area contributed by atoms with Crippen LogP contribution in [0.25, 0.3) is 17.3 Å². The molecule has 0 aliphatic carbocycles. The summed E-state index contributed by atoms with van der Waals surface area (Å²) in [6.07, 6.45) is 5.65. The molecule has 0 saturated heterocycles. The second-order valence-electron chi connectivity index (χ2n) is 5.15. The van der Waals surface area contributed by atoms with Crippen molar-refractivity contribution in [2.24, 2.45) is 5.10 Å². The minimum absolute atomic E-state index is 0.720. The van der Waals surface area contributed by atoms with Crippen molar-refractivity contribution >= 4 is 40.4 Å². The highest BCUT2D eigenvalue weighted by atomic mass is 35.5. The zero-order valence-electron chi connectivity index (χ0n) is 13.1. The molecule has 1 N–H and O–H groups in total. The molecule has 120 valence electrons. The van der Waals surface area contributed by atoms with Gasteiger partial charge in [0, 0.05) is 22.2 Å². The molecule has 0 bridgehead atoms. The van der Waals surface area contributed by atoms with Gasteiger partial charge in [0.15, 0.2) is 0 Å². The fourth-order valence-corrected chi connectivity index (χ4v) is 2.93. The van der Waals surface area contributed by atoms with Crippen LogP contribution >= 0.6 is 22.9 Å². The Kier molecular flexibility index (Phi) is 5.41. The Balaban J connectivity index is 1.59. The first-order valence-corrected chi connectivity index (χ1v) is 8.71. The van der Waals surface area contributed by atoms with Crippen LogP contribution in [0.5, 0.6) is 0 Å². The number of halogens is 1. The lowest BCUT2D eigenvalue weighted by Crippen LogP contribution is -1.87. The number of hydrogen-bond donors (Lipinski definition) is 1. The highest BCUT2D eigenvalue weighted by molar-refractivity contribution is 7.14. The first kappa shape index (κ1) is 16.4. The summed E-state index contributed by atoms with van der Waals surface area (Å²) in [7, 11) is 0. The Labute approximate surface area is 150 Å². The smallest absolute Gasteiger partial charge is 0.203 e. The molecule has 0 unspecified atom stereocenters. The average molecular weight is 354 g/mol. The van der Waals surface area contributed by atoms with Crippen molar-refractivity contribution in [2.45, 2.75) is 6.92 Å². The van der Waals surface area contributed by atoms with E-state index in [1.54, 1.807) is 6.21 Å². The predicted octanol–water partition coefficient (Wildman–Crippen LogP) is 5.88. The molecular weight excluding hydrogens is 338 g/mol. The lowest BCUT2D eigenvalue weighted by Gasteiger charge is -1.97. The summed E-state index contributed by atoms with van der Waals surface area (Å²) in [6.45, 7) is 2.09. The number of anilines is 1. The molecule has 0 spiro atoms. The predicted molar refractivity (Wildman–Crippen MR) is 105 cm³/mol. The first-order valence-electron chi connectivity index (χ1n) is 7.45.